The first kappa shape index (κ1) is 12.9. The maximum absolute atomic E-state index is 6.03. The van der Waals surface area contributed by atoms with Crippen molar-refractivity contribution < 1.29 is 4.74 Å². The van der Waals surface area contributed by atoms with Crippen LogP contribution in [0.15, 0.2) is 0 Å². The van der Waals surface area contributed by atoms with Crippen LogP contribution in [-0.4, -0.2) is 42.8 Å². The second-order valence-electron chi connectivity index (χ2n) is 6.63. The third kappa shape index (κ3) is 2.33. The van der Waals surface area contributed by atoms with Crippen LogP contribution in [0.3, 0.4) is 0 Å². The van der Waals surface area contributed by atoms with E-state index in [-0.39, 0.29) is 0 Å². The van der Waals surface area contributed by atoms with Crippen molar-refractivity contribution in [2.45, 2.75) is 63.6 Å². The Morgan fingerprint density at radius 1 is 1.17 bits per heavy atom. The smallest absolute Gasteiger partial charge is 0.0731 e. The summed E-state index contributed by atoms with van der Waals surface area (Å²) in [5, 5.41) is 0. The summed E-state index contributed by atoms with van der Waals surface area (Å²) in [6, 6.07) is 1.43. The topological polar surface area (TPSA) is 38.5 Å². The Kier molecular flexibility index (Phi) is 3.92. The summed E-state index contributed by atoms with van der Waals surface area (Å²) in [7, 11) is 0. The molecule has 0 spiro atoms. The Morgan fingerprint density at radius 3 is 2.89 bits per heavy atom. The number of ether oxygens (including phenoxy) is 1. The van der Waals surface area contributed by atoms with E-state index < -0.39 is 0 Å². The Labute approximate surface area is 111 Å². The summed E-state index contributed by atoms with van der Waals surface area (Å²) in [6.07, 6.45) is 8.54. The molecule has 3 heteroatoms. The van der Waals surface area contributed by atoms with E-state index in [9.17, 15) is 0 Å². The van der Waals surface area contributed by atoms with Gasteiger partial charge in [0.2, 0.25) is 0 Å². The zero-order valence-electron chi connectivity index (χ0n) is 11.7. The molecule has 2 N–H and O–H groups in total. The summed E-state index contributed by atoms with van der Waals surface area (Å²) in [5.41, 5.74) is 6.03. The lowest BCUT2D eigenvalue weighted by atomic mass is 9.77. The zero-order valence-corrected chi connectivity index (χ0v) is 11.7. The van der Waals surface area contributed by atoms with Gasteiger partial charge in [0.05, 0.1) is 12.7 Å². The fraction of sp³-hybridized carbons (Fsp3) is 1.00. The number of morpholine rings is 1. The predicted molar refractivity (Wildman–Crippen MR) is 73.4 cm³/mol. The number of fused-ring (bicyclic) bond motifs is 1. The molecule has 2 saturated carbocycles. The van der Waals surface area contributed by atoms with Crippen molar-refractivity contribution >= 4 is 0 Å². The van der Waals surface area contributed by atoms with Crippen LogP contribution in [0.4, 0.5) is 0 Å². The first-order valence-electron chi connectivity index (χ1n) is 7.87. The van der Waals surface area contributed by atoms with Gasteiger partial charge >= 0.3 is 0 Å². The number of hydrogen-bond donors (Lipinski definition) is 1. The first-order valence-corrected chi connectivity index (χ1v) is 7.87. The monoisotopic (exact) mass is 252 g/mol. The maximum Gasteiger partial charge on any atom is 0.0731 e. The van der Waals surface area contributed by atoms with Gasteiger partial charge in [-0.2, -0.15) is 0 Å². The molecule has 3 fully saturated rings. The van der Waals surface area contributed by atoms with E-state index in [0.717, 1.165) is 37.6 Å². The molecule has 0 amide bonds. The first-order chi connectivity index (χ1) is 8.79. The van der Waals surface area contributed by atoms with Gasteiger partial charge in [-0.3, -0.25) is 4.90 Å². The molecular formula is C15H28N2O. The summed E-state index contributed by atoms with van der Waals surface area (Å²) in [5.74, 6) is 1.60. The Morgan fingerprint density at radius 2 is 2.06 bits per heavy atom. The van der Waals surface area contributed by atoms with Crippen molar-refractivity contribution in [3.8, 4) is 0 Å². The molecule has 3 rings (SSSR count). The van der Waals surface area contributed by atoms with Gasteiger partial charge in [0.1, 0.15) is 0 Å². The molecule has 0 bridgehead atoms. The van der Waals surface area contributed by atoms with E-state index in [1.165, 1.54) is 38.5 Å². The van der Waals surface area contributed by atoms with Crippen LogP contribution < -0.4 is 5.73 Å². The summed E-state index contributed by atoms with van der Waals surface area (Å²) >= 11 is 0. The molecule has 0 aromatic carbocycles. The molecule has 18 heavy (non-hydrogen) atoms. The average molecular weight is 252 g/mol. The lowest BCUT2D eigenvalue weighted by Crippen LogP contribution is -2.57. The molecule has 3 nitrogen and oxygen atoms in total. The van der Waals surface area contributed by atoms with Crippen molar-refractivity contribution in [3.63, 3.8) is 0 Å². The van der Waals surface area contributed by atoms with Crippen LogP contribution in [0.2, 0.25) is 0 Å². The lowest BCUT2D eigenvalue weighted by molar-refractivity contribution is -0.0885. The van der Waals surface area contributed by atoms with Gasteiger partial charge in [-0.25, -0.2) is 0 Å². The molecule has 0 aromatic heterocycles. The molecule has 3 aliphatic rings. The molecule has 1 saturated heterocycles. The van der Waals surface area contributed by atoms with Gasteiger partial charge in [-0.05, 0) is 50.5 Å². The van der Waals surface area contributed by atoms with Crippen molar-refractivity contribution in [1.82, 2.24) is 4.90 Å². The van der Waals surface area contributed by atoms with Crippen LogP contribution in [-0.2, 0) is 4.74 Å². The molecule has 1 heterocycles. The molecule has 0 aromatic rings. The number of rotatable bonds is 2. The van der Waals surface area contributed by atoms with Crippen LogP contribution >= 0.6 is 0 Å². The Balaban J connectivity index is 1.74. The highest BCUT2D eigenvalue weighted by atomic mass is 16.5. The quantitative estimate of drug-likeness (QED) is 0.817. The van der Waals surface area contributed by atoms with Crippen LogP contribution in [0.1, 0.15) is 45.4 Å². The summed E-state index contributed by atoms with van der Waals surface area (Å²) in [4.78, 5) is 2.79. The lowest BCUT2D eigenvalue weighted by Gasteiger charge is -2.48. The van der Waals surface area contributed by atoms with E-state index >= 15 is 0 Å². The highest BCUT2D eigenvalue weighted by molar-refractivity contribution is 4.96. The van der Waals surface area contributed by atoms with Gasteiger partial charge in [0.15, 0.2) is 0 Å². The standard InChI is InChI=1S/C15H28N2O/c1-11-5-6-12(10-16)14(9-11)17-7-8-18-15-4-2-3-13(15)17/h11-15H,2-10,16H2,1H3. The molecule has 104 valence electrons. The molecule has 5 unspecified atom stereocenters. The summed E-state index contributed by atoms with van der Waals surface area (Å²) in [6.45, 7) is 5.34. The van der Waals surface area contributed by atoms with Gasteiger partial charge in [-0.15, -0.1) is 0 Å². The third-order valence-electron chi connectivity index (χ3n) is 5.47. The minimum absolute atomic E-state index is 0.523. The molecule has 0 radical (unpaired) electrons. The fourth-order valence-electron chi connectivity index (χ4n) is 4.46. The van der Waals surface area contributed by atoms with Crippen LogP contribution in [0.25, 0.3) is 0 Å². The fourth-order valence-corrected chi connectivity index (χ4v) is 4.46. The Hall–Kier alpha value is -0.120. The predicted octanol–water partition coefficient (Wildman–Crippen LogP) is 2.00. The summed E-state index contributed by atoms with van der Waals surface area (Å²) < 4.78 is 5.95. The largest absolute Gasteiger partial charge is 0.375 e. The van der Waals surface area contributed by atoms with E-state index in [1.807, 2.05) is 0 Å². The highest BCUT2D eigenvalue weighted by Crippen LogP contribution is 2.38. The van der Waals surface area contributed by atoms with E-state index in [1.54, 1.807) is 0 Å². The van der Waals surface area contributed by atoms with Crippen molar-refractivity contribution in [1.29, 1.82) is 0 Å². The number of hydrogen-bond acceptors (Lipinski definition) is 3. The average Bonchev–Trinajstić information content (AvgIpc) is 2.86. The van der Waals surface area contributed by atoms with Gasteiger partial charge in [-0.1, -0.05) is 13.3 Å². The number of nitrogens with zero attached hydrogens (tertiary/aromatic N) is 1. The zero-order chi connectivity index (χ0) is 12.5. The van der Waals surface area contributed by atoms with E-state index in [0.29, 0.717) is 12.1 Å². The number of nitrogens with two attached hydrogens (primary N) is 1. The molecular weight excluding hydrogens is 224 g/mol. The van der Waals surface area contributed by atoms with Gasteiger partial charge < -0.3 is 10.5 Å². The maximum atomic E-state index is 6.03. The minimum atomic E-state index is 0.523. The normalized spacial score (nSPS) is 46.0. The van der Waals surface area contributed by atoms with Crippen molar-refractivity contribution in [3.05, 3.63) is 0 Å². The minimum Gasteiger partial charge on any atom is -0.375 e. The van der Waals surface area contributed by atoms with Gasteiger partial charge in [0, 0.05) is 18.6 Å². The van der Waals surface area contributed by atoms with Crippen LogP contribution in [0.5, 0.6) is 0 Å². The van der Waals surface area contributed by atoms with Crippen molar-refractivity contribution in [2.75, 3.05) is 19.7 Å². The van der Waals surface area contributed by atoms with Gasteiger partial charge in [0.25, 0.3) is 0 Å². The third-order valence-corrected chi connectivity index (χ3v) is 5.47. The van der Waals surface area contributed by atoms with Crippen LogP contribution in [0, 0.1) is 11.8 Å². The van der Waals surface area contributed by atoms with E-state index in [2.05, 4.69) is 11.8 Å². The van der Waals surface area contributed by atoms with Crippen molar-refractivity contribution in [2.24, 2.45) is 17.6 Å². The highest BCUT2D eigenvalue weighted by Gasteiger charge is 2.42. The molecule has 1 aliphatic heterocycles. The Bertz CT molecular complexity index is 284. The second kappa shape index (κ2) is 5.48. The SMILES string of the molecule is CC1CCC(CN)C(N2CCOC3CCCC32)C1. The second-order valence-corrected chi connectivity index (χ2v) is 6.63. The molecule has 5 atom stereocenters. The molecule has 2 aliphatic carbocycles. The van der Waals surface area contributed by atoms with E-state index in [4.69, 9.17) is 10.5 Å².